The van der Waals surface area contributed by atoms with E-state index in [2.05, 4.69) is 15.9 Å². The number of sulfonamides is 1. The Hall–Kier alpha value is -0.430. The number of hydrogen-bond acceptors (Lipinski definition) is 3. The molecule has 0 amide bonds. The molecule has 0 bridgehead atoms. The minimum Gasteiger partial charge on any atom is -0.395 e. The standard InChI is InChI=1S/C14H22BrNO3S/c1-4-13(5-2)16(8-9-17)20(18,19)14-10-12(15)7-6-11(14)3/h6-7,10,13,17H,4-5,8-9H2,1-3H3. The number of hydrogen-bond donors (Lipinski definition) is 1. The van der Waals surface area contributed by atoms with Gasteiger partial charge in [-0.2, -0.15) is 4.31 Å². The van der Waals surface area contributed by atoms with E-state index in [0.29, 0.717) is 10.5 Å². The van der Waals surface area contributed by atoms with Gasteiger partial charge < -0.3 is 5.11 Å². The van der Waals surface area contributed by atoms with Gasteiger partial charge in [0.15, 0.2) is 0 Å². The van der Waals surface area contributed by atoms with Crippen molar-refractivity contribution in [3.05, 3.63) is 28.2 Å². The summed E-state index contributed by atoms with van der Waals surface area (Å²) in [5.41, 5.74) is 0.710. The number of halogens is 1. The van der Waals surface area contributed by atoms with Gasteiger partial charge in [-0.3, -0.25) is 0 Å². The molecule has 0 aromatic heterocycles. The lowest BCUT2D eigenvalue weighted by Gasteiger charge is -2.29. The fraction of sp³-hybridized carbons (Fsp3) is 0.571. The fourth-order valence-corrected chi connectivity index (χ4v) is 4.80. The minimum absolute atomic E-state index is 0.0921. The van der Waals surface area contributed by atoms with Crippen LogP contribution in [0.4, 0.5) is 0 Å². The Kier molecular flexibility index (Phi) is 6.64. The highest BCUT2D eigenvalue weighted by Crippen LogP contribution is 2.26. The van der Waals surface area contributed by atoms with Crippen LogP contribution in [-0.4, -0.2) is 37.0 Å². The van der Waals surface area contributed by atoms with E-state index in [1.165, 1.54) is 4.31 Å². The van der Waals surface area contributed by atoms with Crippen LogP contribution in [-0.2, 0) is 10.0 Å². The predicted octanol–water partition coefficient (Wildman–Crippen LogP) is 2.93. The number of nitrogens with zero attached hydrogens (tertiary/aromatic N) is 1. The zero-order chi connectivity index (χ0) is 15.3. The first-order valence-corrected chi connectivity index (χ1v) is 9.00. The van der Waals surface area contributed by atoms with E-state index in [9.17, 15) is 13.5 Å². The second kappa shape index (κ2) is 7.54. The Labute approximate surface area is 130 Å². The van der Waals surface area contributed by atoms with Crippen molar-refractivity contribution in [2.24, 2.45) is 0 Å². The number of aryl methyl sites for hydroxylation is 1. The zero-order valence-corrected chi connectivity index (χ0v) is 14.5. The number of benzene rings is 1. The highest BCUT2D eigenvalue weighted by molar-refractivity contribution is 9.10. The molecule has 20 heavy (non-hydrogen) atoms. The molecule has 1 N–H and O–H groups in total. The fourth-order valence-electron chi connectivity index (χ4n) is 2.27. The molecule has 114 valence electrons. The van der Waals surface area contributed by atoms with Gasteiger partial charge in [-0.1, -0.05) is 35.8 Å². The van der Waals surface area contributed by atoms with Crippen molar-refractivity contribution in [1.82, 2.24) is 4.31 Å². The molecular formula is C14H22BrNO3S. The number of aliphatic hydroxyl groups excluding tert-OH is 1. The molecule has 4 nitrogen and oxygen atoms in total. The molecule has 0 atom stereocenters. The lowest BCUT2D eigenvalue weighted by molar-refractivity contribution is 0.219. The summed E-state index contributed by atoms with van der Waals surface area (Å²) >= 11 is 3.32. The third-order valence-electron chi connectivity index (χ3n) is 3.41. The molecular weight excluding hydrogens is 342 g/mol. The van der Waals surface area contributed by atoms with Crippen LogP contribution in [0, 0.1) is 6.92 Å². The molecule has 0 saturated heterocycles. The molecule has 1 rings (SSSR count). The molecule has 0 aliphatic rings. The number of aliphatic hydroxyl groups is 1. The Morgan fingerprint density at radius 1 is 1.30 bits per heavy atom. The van der Waals surface area contributed by atoms with Gasteiger partial charge in [-0.05, 0) is 37.5 Å². The van der Waals surface area contributed by atoms with Crippen molar-refractivity contribution in [2.75, 3.05) is 13.2 Å². The van der Waals surface area contributed by atoms with Crippen LogP contribution in [0.15, 0.2) is 27.6 Å². The molecule has 0 radical (unpaired) electrons. The summed E-state index contributed by atoms with van der Waals surface area (Å²) in [7, 11) is -3.60. The Bertz CT molecular complexity index is 541. The molecule has 0 spiro atoms. The molecule has 6 heteroatoms. The van der Waals surface area contributed by atoms with Crippen LogP contribution in [0.5, 0.6) is 0 Å². The lowest BCUT2D eigenvalue weighted by Crippen LogP contribution is -2.41. The summed E-state index contributed by atoms with van der Waals surface area (Å²) < 4.78 is 27.8. The van der Waals surface area contributed by atoms with Gasteiger partial charge in [0.05, 0.1) is 11.5 Å². The van der Waals surface area contributed by atoms with Gasteiger partial charge in [-0.25, -0.2) is 8.42 Å². The molecule has 0 aliphatic heterocycles. The average molecular weight is 364 g/mol. The average Bonchev–Trinajstić information content (AvgIpc) is 2.41. The predicted molar refractivity (Wildman–Crippen MR) is 84.2 cm³/mol. The van der Waals surface area contributed by atoms with E-state index in [4.69, 9.17) is 0 Å². The van der Waals surface area contributed by atoms with E-state index >= 15 is 0 Å². The summed E-state index contributed by atoms with van der Waals surface area (Å²) in [6.45, 7) is 5.65. The molecule has 1 aromatic carbocycles. The number of rotatable bonds is 7. The van der Waals surface area contributed by atoms with Crippen LogP contribution in [0.25, 0.3) is 0 Å². The summed E-state index contributed by atoms with van der Waals surface area (Å²) in [5.74, 6) is 0. The second-order valence-corrected chi connectivity index (χ2v) is 7.49. The third-order valence-corrected chi connectivity index (χ3v) is 5.99. The smallest absolute Gasteiger partial charge is 0.243 e. The van der Waals surface area contributed by atoms with Gasteiger partial charge >= 0.3 is 0 Å². The zero-order valence-electron chi connectivity index (χ0n) is 12.1. The van der Waals surface area contributed by atoms with Gasteiger partial charge in [0, 0.05) is 17.1 Å². The van der Waals surface area contributed by atoms with Crippen molar-refractivity contribution in [2.45, 2.75) is 44.6 Å². The van der Waals surface area contributed by atoms with E-state index in [0.717, 1.165) is 17.3 Å². The highest BCUT2D eigenvalue weighted by atomic mass is 79.9. The van der Waals surface area contributed by atoms with E-state index < -0.39 is 10.0 Å². The molecule has 0 fully saturated rings. The monoisotopic (exact) mass is 363 g/mol. The third kappa shape index (κ3) is 3.81. The quantitative estimate of drug-likeness (QED) is 0.809. The van der Waals surface area contributed by atoms with Crippen LogP contribution in [0.2, 0.25) is 0 Å². The molecule has 0 saturated carbocycles. The van der Waals surface area contributed by atoms with Gasteiger partial charge in [-0.15, -0.1) is 0 Å². The SMILES string of the molecule is CCC(CC)N(CCO)S(=O)(=O)c1cc(Br)ccc1C. The molecule has 0 aliphatic carbocycles. The van der Waals surface area contributed by atoms with Crippen molar-refractivity contribution < 1.29 is 13.5 Å². The van der Waals surface area contributed by atoms with Crippen LogP contribution in [0.1, 0.15) is 32.3 Å². The highest BCUT2D eigenvalue weighted by Gasteiger charge is 2.30. The summed E-state index contributed by atoms with van der Waals surface area (Å²) in [6, 6.07) is 5.13. The molecule has 0 unspecified atom stereocenters. The van der Waals surface area contributed by atoms with E-state index in [1.807, 2.05) is 19.9 Å². The normalized spacial score (nSPS) is 12.3. The van der Waals surface area contributed by atoms with E-state index in [-0.39, 0.29) is 19.2 Å². The maximum atomic E-state index is 12.8. The maximum absolute atomic E-state index is 12.8. The summed E-state index contributed by atoms with van der Waals surface area (Å²) in [4.78, 5) is 0.298. The Morgan fingerprint density at radius 2 is 1.90 bits per heavy atom. The first-order chi connectivity index (χ1) is 9.38. The summed E-state index contributed by atoms with van der Waals surface area (Å²) in [5, 5.41) is 9.20. The second-order valence-electron chi connectivity index (χ2n) is 4.72. The topological polar surface area (TPSA) is 57.6 Å². The van der Waals surface area contributed by atoms with Crippen LogP contribution >= 0.6 is 15.9 Å². The van der Waals surface area contributed by atoms with Crippen molar-refractivity contribution in [3.63, 3.8) is 0 Å². The first-order valence-electron chi connectivity index (χ1n) is 6.77. The lowest BCUT2D eigenvalue weighted by atomic mass is 10.2. The Morgan fingerprint density at radius 3 is 2.40 bits per heavy atom. The van der Waals surface area contributed by atoms with Crippen molar-refractivity contribution in [1.29, 1.82) is 0 Å². The van der Waals surface area contributed by atoms with E-state index in [1.54, 1.807) is 19.1 Å². The minimum atomic E-state index is -3.60. The first kappa shape index (κ1) is 17.6. The summed E-state index contributed by atoms with van der Waals surface area (Å²) in [6.07, 6.45) is 1.45. The Balaban J connectivity index is 3.32. The van der Waals surface area contributed by atoms with Gasteiger partial charge in [0.2, 0.25) is 10.0 Å². The molecule has 0 heterocycles. The maximum Gasteiger partial charge on any atom is 0.243 e. The van der Waals surface area contributed by atoms with Gasteiger partial charge in [0.1, 0.15) is 0 Å². The van der Waals surface area contributed by atoms with Crippen molar-refractivity contribution in [3.8, 4) is 0 Å². The van der Waals surface area contributed by atoms with Crippen LogP contribution in [0.3, 0.4) is 0 Å². The molecule has 1 aromatic rings. The van der Waals surface area contributed by atoms with Crippen LogP contribution < -0.4 is 0 Å². The largest absolute Gasteiger partial charge is 0.395 e. The van der Waals surface area contributed by atoms with Crippen molar-refractivity contribution >= 4 is 26.0 Å². The van der Waals surface area contributed by atoms with Gasteiger partial charge in [0.25, 0.3) is 0 Å².